The highest BCUT2D eigenvalue weighted by Gasteiger charge is 2.42. The molecule has 5 aromatic carbocycles. The van der Waals surface area contributed by atoms with Crippen LogP contribution in [0.2, 0.25) is 0 Å². The van der Waals surface area contributed by atoms with Crippen LogP contribution in [-0.2, 0) is 35.4 Å². The number of rotatable bonds is 16. The summed E-state index contributed by atoms with van der Waals surface area (Å²) in [7, 11) is -8.66. The first-order valence-electron chi connectivity index (χ1n) is 17.6. The van der Waals surface area contributed by atoms with E-state index in [-0.39, 0.29) is 28.8 Å². The molecule has 0 heterocycles. The van der Waals surface area contributed by atoms with E-state index in [1.54, 1.807) is 121 Å². The second-order valence-corrected chi connectivity index (χ2v) is 16.4. The van der Waals surface area contributed by atoms with Crippen LogP contribution in [0.4, 0.5) is 18.9 Å². The number of carboxylic acids is 1. The van der Waals surface area contributed by atoms with Crippen molar-refractivity contribution >= 4 is 57.8 Å². The van der Waals surface area contributed by atoms with Gasteiger partial charge in [0, 0.05) is 11.8 Å². The van der Waals surface area contributed by atoms with Crippen molar-refractivity contribution in [3.05, 3.63) is 133 Å². The molecule has 0 bridgehead atoms. The Morgan fingerprint density at radius 2 is 1.30 bits per heavy atom. The summed E-state index contributed by atoms with van der Waals surface area (Å²) >= 11 is 0. The van der Waals surface area contributed by atoms with Crippen molar-refractivity contribution in [1.29, 1.82) is 0 Å². The van der Waals surface area contributed by atoms with Crippen molar-refractivity contribution < 1.29 is 59.8 Å². The molecule has 2 amide bonds. The Bertz CT molecular complexity index is 2390. The van der Waals surface area contributed by atoms with E-state index in [1.165, 1.54) is 13.0 Å². The maximum atomic E-state index is 14.9. The molecule has 5 aromatic rings. The Balaban J connectivity index is 0.00000104. The fourth-order valence-corrected chi connectivity index (χ4v) is 8.51. The lowest BCUT2D eigenvalue weighted by Gasteiger charge is -2.29. The number of nitrogens with zero attached hydrogens (tertiary/aromatic N) is 1. The molecule has 9 N–H and O–H groups in total. The fraction of sp³-hybridized carbons (Fsp3) is 0.179. The number of halogens is 3. The van der Waals surface area contributed by atoms with Crippen LogP contribution in [0.3, 0.4) is 0 Å². The lowest BCUT2D eigenvalue weighted by atomic mass is 10.1. The summed E-state index contributed by atoms with van der Waals surface area (Å²) in [5.74, 6) is -5.59. The van der Waals surface area contributed by atoms with Crippen LogP contribution in [-0.4, -0.2) is 73.0 Å². The standard InChI is InChI=1S/C37H39N6O8PS.C2HF3O2/c1-25(40-36(46)32(24-44)43-53(48,49)33-18-10-12-27-11-8-9-17-31(27)33)35(45)42-34(23-26-19-21-28(22-20-26)41-37(38)39)52(47,50-29-13-4-2-5-14-29)51-30-15-6-3-7-16-30;3-2(4,5)1(6)7/h2-22,25,32,34,43-44H,23-24H2,1H3,(H,40,46)(H,42,45)(H4,38,39,41);(H,6,7)/t25-,32+,34?;/m0./s1. The second-order valence-electron chi connectivity index (χ2n) is 12.6. The third-order valence-electron chi connectivity index (χ3n) is 8.10. The van der Waals surface area contributed by atoms with E-state index < -0.39 is 66.1 Å². The van der Waals surface area contributed by atoms with E-state index in [4.69, 9.17) is 30.4 Å². The van der Waals surface area contributed by atoms with E-state index >= 15 is 0 Å². The number of para-hydroxylation sites is 2. The minimum absolute atomic E-state index is 0.0739. The van der Waals surface area contributed by atoms with E-state index in [2.05, 4.69) is 20.3 Å². The Kier molecular flexibility index (Phi) is 15.8. The van der Waals surface area contributed by atoms with Gasteiger partial charge in [-0.15, -0.1) is 0 Å². The minimum atomic E-state index is -5.08. The van der Waals surface area contributed by atoms with E-state index in [9.17, 15) is 40.8 Å². The summed E-state index contributed by atoms with van der Waals surface area (Å²) in [6, 6.07) is 31.7. The summed E-state index contributed by atoms with van der Waals surface area (Å²) in [4.78, 5) is 39.9. The molecule has 318 valence electrons. The number of aliphatic hydroxyl groups excluding tert-OH is 1. The third kappa shape index (κ3) is 13.3. The van der Waals surface area contributed by atoms with Gasteiger partial charge in [0.25, 0.3) is 0 Å². The predicted octanol–water partition coefficient (Wildman–Crippen LogP) is 4.56. The monoisotopic (exact) mass is 872 g/mol. The van der Waals surface area contributed by atoms with Crippen LogP contribution in [0.25, 0.3) is 10.8 Å². The van der Waals surface area contributed by atoms with Crippen molar-refractivity contribution in [3.8, 4) is 11.5 Å². The lowest BCUT2D eigenvalue weighted by molar-refractivity contribution is -0.192. The molecule has 0 aliphatic carbocycles. The number of nitrogens with two attached hydrogens (primary N) is 2. The highest BCUT2D eigenvalue weighted by atomic mass is 32.2. The quantitative estimate of drug-likeness (QED) is 0.0409. The van der Waals surface area contributed by atoms with Crippen LogP contribution in [0, 0.1) is 0 Å². The normalized spacial score (nSPS) is 13.0. The van der Waals surface area contributed by atoms with Gasteiger partial charge in [0.15, 0.2) is 11.7 Å². The SMILES string of the molecule is C[C@H](NC(=O)[C@@H](CO)NS(=O)(=O)c1cccc2ccccc12)C(=O)NC(Cc1ccc(N=C(N)N)cc1)P(=O)(Oc1ccccc1)Oc1ccccc1.O=C(O)C(F)(F)F. The zero-order valence-corrected chi connectivity index (χ0v) is 33.2. The molecule has 60 heavy (non-hydrogen) atoms. The van der Waals surface area contributed by atoms with Gasteiger partial charge in [-0.25, -0.2) is 22.8 Å². The van der Waals surface area contributed by atoms with Gasteiger partial charge in [0.2, 0.25) is 21.8 Å². The molecule has 0 aliphatic heterocycles. The number of carbonyl (C=O) groups excluding carboxylic acids is 2. The molecular formula is C39H40F3N6O10PS. The fourth-order valence-electron chi connectivity index (χ4n) is 5.25. The summed E-state index contributed by atoms with van der Waals surface area (Å²) in [5, 5.41) is 23.4. The molecular weight excluding hydrogens is 832 g/mol. The summed E-state index contributed by atoms with van der Waals surface area (Å²) in [6.45, 7) is 0.441. The predicted molar refractivity (Wildman–Crippen MR) is 216 cm³/mol. The van der Waals surface area contributed by atoms with Crippen molar-refractivity contribution in [2.45, 2.75) is 42.3 Å². The number of carbonyl (C=O) groups is 3. The molecule has 0 aliphatic rings. The Hall–Kier alpha value is -6.47. The summed E-state index contributed by atoms with van der Waals surface area (Å²) < 4.78 is 87.7. The molecule has 16 nitrogen and oxygen atoms in total. The number of alkyl halides is 3. The number of nitrogens with one attached hydrogen (secondary N) is 3. The number of carboxylic acid groups (broad SMARTS) is 1. The van der Waals surface area contributed by atoms with Crippen LogP contribution in [0.5, 0.6) is 11.5 Å². The number of guanidine groups is 1. The van der Waals surface area contributed by atoms with Crippen LogP contribution in [0.15, 0.2) is 137 Å². The number of hydrogen-bond donors (Lipinski definition) is 7. The molecule has 5 rings (SSSR count). The van der Waals surface area contributed by atoms with E-state index in [0.29, 0.717) is 22.0 Å². The number of aliphatic carboxylic acids is 1. The first kappa shape index (κ1) is 46.2. The smallest absolute Gasteiger partial charge is 0.475 e. The Morgan fingerprint density at radius 1 is 0.783 bits per heavy atom. The first-order chi connectivity index (χ1) is 28.3. The zero-order valence-electron chi connectivity index (χ0n) is 31.5. The number of fused-ring (bicyclic) bond motifs is 1. The Morgan fingerprint density at radius 3 is 1.82 bits per heavy atom. The molecule has 0 saturated carbocycles. The van der Waals surface area contributed by atoms with Gasteiger partial charge in [-0.05, 0) is 60.3 Å². The van der Waals surface area contributed by atoms with Gasteiger partial charge in [0.1, 0.15) is 23.6 Å². The van der Waals surface area contributed by atoms with Crippen LogP contribution < -0.4 is 35.9 Å². The lowest BCUT2D eigenvalue weighted by Crippen LogP contribution is -2.55. The van der Waals surface area contributed by atoms with Gasteiger partial charge in [-0.2, -0.15) is 17.9 Å². The topological polar surface area (TPSA) is 262 Å². The van der Waals surface area contributed by atoms with Gasteiger partial charge >= 0.3 is 19.7 Å². The minimum Gasteiger partial charge on any atom is -0.475 e. The molecule has 0 radical (unpaired) electrons. The third-order valence-corrected chi connectivity index (χ3v) is 11.6. The number of aliphatic hydroxyl groups is 1. The average molecular weight is 873 g/mol. The van der Waals surface area contributed by atoms with Gasteiger partial charge in [-0.3, -0.25) is 9.59 Å². The number of amides is 2. The van der Waals surface area contributed by atoms with Crippen molar-refractivity contribution in [2.75, 3.05) is 6.61 Å². The maximum Gasteiger partial charge on any atom is 0.490 e. The van der Waals surface area contributed by atoms with Gasteiger partial charge in [-0.1, -0.05) is 84.9 Å². The molecule has 21 heteroatoms. The summed E-state index contributed by atoms with van der Waals surface area (Å²) in [5.41, 5.74) is 12.1. The first-order valence-corrected chi connectivity index (χ1v) is 20.7. The highest BCUT2D eigenvalue weighted by Crippen LogP contribution is 2.53. The van der Waals surface area contributed by atoms with Crippen LogP contribution >= 0.6 is 7.60 Å². The average Bonchev–Trinajstić information content (AvgIpc) is 3.20. The molecule has 1 unspecified atom stereocenters. The summed E-state index contributed by atoms with van der Waals surface area (Å²) in [6.07, 6.45) is -5.16. The number of aliphatic imine (C=N–C) groups is 1. The van der Waals surface area contributed by atoms with Gasteiger partial charge in [0.05, 0.1) is 17.2 Å². The van der Waals surface area contributed by atoms with E-state index in [0.717, 1.165) is 0 Å². The largest absolute Gasteiger partial charge is 0.490 e. The highest BCUT2D eigenvalue weighted by molar-refractivity contribution is 7.89. The second kappa shape index (κ2) is 20.5. The molecule has 0 spiro atoms. The number of benzene rings is 5. The maximum absolute atomic E-state index is 14.9. The number of sulfonamides is 1. The Labute approximate surface area is 342 Å². The molecule has 0 aromatic heterocycles. The zero-order chi connectivity index (χ0) is 44.1. The molecule has 0 fully saturated rings. The van der Waals surface area contributed by atoms with Gasteiger partial charge < -0.3 is 41.4 Å². The van der Waals surface area contributed by atoms with Crippen molar-refractivity contribution in [3.63, 3.8) is 0 Å². The van der Waals surface area contributed by atoms with Crippen molar-refractivity contribution in [2.24, 2.45) is 16.5 Å². The molecule has 3 atom stereocenters. The van der Waals surface area contributed by atoms with Crippen LogP contribution in [0.1, 0.15) is 12.5 Å². The van der Waals surface area contributed by atoms with Crippen molar-refractivity contribution in [1.82, 2.24) is 15.4 Å². The van der Waals surface area contributed by atoms with E-state index in [1.807, 2.05) is 0 Å². The molecule has 0 saturated heterocycles. The number of hydrogen-bond acceptors (Lipinski definition) is 10.